The topological polar surface area (TPSA) is 84.2 Å². The molecule has 1 aromatic rings. The Bertz CT molecular complexity index is 466. The molecule has 2 amide bonds. The smallest absolute Gasteiger partial charge is 0.237 e. The highest BCUT2D eigenvalue weighted by Crippen LogP contribution is 2.11. The first-order valence-corrected chi connectivity index (χ1v) is 7.16. The molecule has 5 heteroatoms. The Morgan fingerprint density at radius 2 is 1.67 bits per heavy atom. The van der Waals surface area contributed by atoms with Gasteiger partial charge in [-0.1, -0.05) is 51.1 Å². The number of carbonyl (C=O) groups excluding carboxylic acids is 2. The van der Waals surface area contributed by atoms with Crippen LogP contribution >= 0.6 is 0 Å². The standard InChI is InChI=1S/C16H25N3O2/c1-16(2,3)15(21)19-10-9-18-14(20)13(17)11-12-7-5-4-6-8-12/h4-8,13H,9-11,17H2,1-3H3,(H,18,20)(H,19,21)/t13-/m0/s1. The molecule has 0 spiro atoms. The van der Waals surface area contributed by atoms with E-state index in [1.165, 1.54) is 0 Å². The van der Waals surface area contributed by atoms with Crippen LogP contribution in [-0.2, 0) is 16.0 Å². The maximum atomic E-state index is 11.8. The molecule has 0 heterocycles. The lowest BCUT2D eigenvalue weighted by atomic mass is 9.96. The number of hydrogen-bond donors (Lipinski definition) is 3. The van der Waals surface area contributed by atoms with Gasteiger partial charge in [-0.15, -0.1) is 0 Å². The minimum absolute atomic E-state index is 0.0367. The van der Waals surface area contributed by atoms with Crippen molar-refractivity contribution in [1.29, 1.82) is 0 Å². The van der Waals surface area contributed by atoms with E-state index in [9.17, 15) is 9.59 Å². The molecule has 0 fully saturated rings. The van der Waals surface area contributed by atoms with Gasteiger partial charge in [0.05, 0.1) is 6.04 Å². The summed E-state index contributed by atoms with van der Waals surface area (Å²) < 4.78 is 0. The lowest BCUT2D eigenvalue weighted by Gasteiger charge is -2.18. The predicted octanol–water partition coefficient (Wildman–Crippen LogP) is 0.835. The SMILES string of the molecule is CC(C)(C)C(=O)NCCNC(=O)[C@@H](N)Cc1ccccc1. The molecule has 116 valence electrons. The fourth-order valence-corrected chi connectivity index (χ4v) is 1.72. The number of nitrogens with one attached hydrogen (secondary N) is 2. The maximum Gasteiger partial charge on any atom is 0.237 e. The zero-order chi connectivity index (χ0) is 15.9. The van der Waals surface area contributed by atoms with E-state index < -0.39 is 11.5 Å². The average molecular weight is 291 g/mol. The van der Waals surface area contributed by atoms with E-state index in [0.717, 1.165) is 5.56 Å². The van der Waals surface area contributed by atoms with Crippen LogP contribution in [0, 0.1) is 5.41 Å². The molecule has 0 aliphatic heterocycles. The summed E-state index contributed by atoms with van der Waals surface area (Å²) in [7, 11) is 0. The van der Waals surface area contributed by atoms with Crippen molar-refractivity contribution in [2.75, 3.05) is 13.1 Å². The van der Waals surface area contributed by atoms with Crippen LogP contribution in [0.5, 0.6) is 0 Å². The normalized spacial score (nSPS) is 12.6. The quantitative estimate of drug-likeness (QED) is 0.679. The van der Waals surface area contributed by atoms with Crippen molar-refractivity contribution < 1.29 is 9.59 Å². The third kappa shape index (κ3) is 6.40. The number of amides is 2. The molecular weight excluding hydrogens is 266 g/mol. The summed E-state index contributed by atoms with van der Waals surface area (Å²) in [5.74, 6) is -0.241. The largest absolute Gasteiger partial charge is 0.354 e. The molecule has 0 aromatic heterocycles. The average Bonchev–Trinajstić information content (AvgIpc) is 2.43. The summed E-state index contributed by atoms with van der Waals surface area (Å²) in [6, 6.07) is 9.07. The van der Waals surface area contributed by atoms with Crippen LogP contribution in [0.4, 0.5) is 0 Å². The Morgan fingerprint density at radius 3 is 2.24 bits per heavy atom. The van der Waals surface area contributed by atoms with E-state index in [4.69, 9.17) is 5.73 Å². The molecule has 5 nitrogen and oxygen atoms in total. The molecule has 0 unspecified atom stereocenters. The predicted molar refractivity (Wildman–Crippen MR) is 83.6 cm³/mol. The van der Waals surface area contributed by atoms with E-state index in [1.54, 1.807) is 0 Å². The zero-order valence-corrected chi connectivity index (χ0v) is 13.0. The lowest BCUT2D eigenvalue weighted by Crippen LogP contribution is -2.45. The monoisotopic (exact) mass is 291 g/mol. The second kappa shape index (κ2) is 7.78. The van der Waals surface area contributed by atoms with Gasteiger partial charge in [-0.3, -0.25) is 9.59 Å². The first kappa shape index (κ1) is 17.2. The van der Waals surface area contributed by atoms with Crippen molar-refractivity contribution in [2.24, 2.45) is 11.1 Å². The molecule has 1 atom stereocenters. The third-order valence-corrected chi connectivity index (χ3v) is 3.03. The molecule has 0 saturated carbocycles. The lowest BCUT2D eigenvalue weighted by molar-refractivity contribution is -0.128. The van der Waals surface area contributed by atoms with E-state index in [-0.39, 0.29) is 11.8 Å². The first-order chi connectivity index (χ1) is 9.80. The van der Waals surface area contributed by atoms with Gasteiger partial charge in [0.1, 0.15) is 0 Å². The zero-order valence-electron chi connectivity index (χ0n) is 13.0. The summed E-state index contributed by atoms with van der Waals surface area (Å²) >= 11 is 0. The minimum atomic E-state index is -0.578. The van der Waals surface area contributed by atoms with Crippen LogP contribution in [0.3, 0.4) is 0 Å². The fourth-order valence-electron chi connectivity index (χ4n) is 1.72. The Morgan fingerprint density at radius 1 is 1.10 bits per heavy atom. The highest BCUT2D eigenvalue weighted by Gasteiger charge is 2.20. The Hall–Kier alpha value is -1.88. The van der Waals surface area contributed by atoms with Crippen LogP contribution in [-0.4, -0.2) is 30.9 Å². The van der Waals surface area contributed by atoms with Crippen LogP contribution < -0.4 is 16.4 Å². The van der Waals surface area contributed by atoms with Gasteiger partial charge in [-0.25, -0.2) is 0 Å². The summed E-state index contributed by atoms with van der Waals surface area (Å²) in [4.78, 5) is 23.5. The minimum Gasteiger partial charge on any atom is -0.354 e. The van der Waals surface area contributed by atoms with Crippen molar-refractivity contribution in [1.82, 2.24) is 10.6 Å². The highest BCUT2D eigenvalue weighted by atomic mass is 16.2. The van der Waals surface area contributed by atoms with E-state index in [0.29, 0.717) is 19.5 Å². The van der Waals surface area contributed by atoms with Gasteiger partial charge < -0.3 is 16.4 Å². The Labute approximate surface area is 126 Å². The van der Waals surface area contributed by atoms with Gasteiger partial charge in [0, 0.05) is 18.5 Å². The van der Waals surface area contributed by atoms with Crippen LogP contribution in [0.15, 0.2) is 30.3 Å². The van der Waals surface area contributed by atoms with Crippen LogP contribution in [0.1, 0.15) is 26.3 Å². The van der Waals surface area contributed by atoms with Crippen LogP contribution in [0.25, 0.3) is 0 Å². The van der Waals surface area contributed by atoms with E-state index >= 15 is 0 Å². The van der Waals surface area contributed by atoms with Crippen molar-refractivity contribution in [3.05, 3.63) is 35.9 Å². The number of nitrogens with two attached hydrogens (primary N) is 1. The molecule has 0 aliphatic rings. The van der Waals surface area contributed by atoms with Crippen molar-refractivity contribution in [2.45, 2.75) is 33.2 Å². The summed E-state index contributed by atoms with van der Waals surface area (Å²) in [5.41, 5.74) is 6.47. The molecule has 0 saturated heterocycles. The van der Waals surface area contributed by atoms with Gasteiger partial charge in [-0.2, -0.15) is 0 Å². The fraction of sp³-hybridized carbons (Fsp3) is 0.500. The second-order valence-corrected chi connectivity index (χ2v) is 6.09. The van der Waals surface area contributed by atoms with Gasteiger partial charge >= 0.3 is 0 Å². The Kier molecular flexibility index (Phi) is 6.37. The molecule has 0 radical (unpaired) electrons. The number of rotatable bonds is 6. The van der Waals surface area contributed by atoms with Gasteiger partial charge in [-0.05, 0) is 12.0 Å². The van der Waals surface area contributed by atoms with E-state index in [1.807, 2.05) is 51.1 Å². The molecule has 1 aromatic carbocycles. The third-order valence-electron chi connectivity index (χ3n) is 3.03. The number of benzene rings is 1. The second-order valence-electron chi connectivity index (χ2n) is 6.09. The summed E-state index contributed by atoms with van der Waals surface area (Å²) in [6.07, 6.45) is 0.501. The molecule has 0 bridgehead atoms. The number of hydrogen-bond acceptors (Lipinski definition) is 3. The summed E-state index contributed by atoms with van der Waals surface area (Å²) in [5, 5.41) is 5.50. The molecular formula is C16H25N3O2. The summed E-state index contributed by atoms with van der Waals surface area (Å²) in [6.45, 7) is 6.31. The van der Waals surface area contributed by atoms with Gasteiger partial charge in [0.15, 0.2) is 0 Å². The van der Waals surface area contributed by atoms with Crippen molar-refractivity contribution in [3.8, 4) is 0 Å². The van der Waals surface area contributed by atoms with E-state index in [2.05, 4.69) is 10.6 Å². The van der Waals surface area contributed by atoms with Crippen molar-refractivity contribution >= 4 is 11.8 Å². The molecule has 1 rings (SSSR count). The molecule has 4 N–H and O–H groups in total. The molecule has 21 heavy (non-hydrogen) atoms. The molecule has 0 aliphatic carbocycles. The Balaban J connectivity index is 2.26. The van der Waals surface area contributed by atoms with Crippen molar-refractivity contribution in [3.63, 3.8) is 0 Å². The first-order valence-electron chi connectivity index (χ1n) is 7.16. The van der Waals surface area contributed by atoms with Gasteiger partial charge in [0.2, 0.25) is 11.8 Å². The maximum absolute atomic E-state index is 11.8. The van der Waals surface area contributed by atoms with Gasteiger partial charge in [0.25, 0.3) is 0 Å². The van der Waals surface area contributed by atoms with Crippen LogP contribution in [0.2, 0.25) is 0 Å². The highest BCUT2D eigenvalue weighted by molar-refractivity contribution is 5.82. The number of carbonyl (C=O) groups is 2.